The van der Waals surface area contributed by atoms with Gasteiger partial charge in [-0.05, 0) is 31.2 Å². The molecule has 0 aliphatic carbocycles. The van der Waals surface area contributed by atoms with E-state index in [1.807, 2.05) is 37.3 Å². The van der Waals surface area contributed by atoms with E-state index < -0.39 is 0 Å². The molecule has 0 atom stereocenters. The molecule has 3 aromatic rings. The van der Waals surface area contributed by atoms with E-state index in [0.29, 0.717) is 17.5 Å². The van der Waals surface area contributed by atoms with Gasteiger partial charge in [-0.15, -0.1) is 12.4 Å². The van der Waals surface area contributed by atoms with Gasteiger partial charge in [-0.1, -0.05) is 30.3 Å². The van der Waals surface area contributed by atoms with Gasteiger partial charge >= 0.3 is 0 Å². The van der Waals surface area contributed by atoms with Crippen LogP contribution in [0.5, 0.6) is 0 Å². The number of hydrogen-bond donors (Lipinski definition) is 0. The Morgan fingerprint density at radius 2 is 1.58 bits per heavy atom. The number of nitrogens with zero attached hydrogens (tertiary/aromatic N) is 2. The number of piperazine rings is 1. The summed E-state index contributed by atoms with van der Waals surface area (Å²) in [5.74, 6) is 0.731. The minimum atomic E-state index is 0. The second kappa shape index (κ2) is 7.94. The van der Waals surface area contributed by atoms with Crippen molar-refractivity contribution in [3.8, 4) is 0 Å². The van der Waals surface area contributed by atoms with Crippen molar-refractivity contribution in [2.75, 3.05) is 31.1 Å². The van der Waals surface area contributed by atoms with Crippen LogP contribution in [0.2, 0.25) is 0 Å². The normalized spacial score (nSPS) is 15.0. The van der Waals surface area contributed by atoms with Gasteiger partial charge in [0.25, 0.3) is 0 Å². The number of hydrogen-bond acceptors (Lipinski definition) is 4. The lowest BCUT2D eigenvalue weighted by molar-refractivity contribution is 0.246. The SMILES string of the molecule is Cc1oc2ccccc2c(=O)c1CN1CCN(c2ccccc2)CC1.Cl. The lowest BCUT2D eigenvalue weighted by Gasteiger charge is -2.36. The Morgan fingerprint density at radius 3 is 2.31 bits per heavy atom. The van der Waals surface area contributed by atoms with Crippen LogP contribution in [0.1, 0.15) is 11.3 Å². The van der Waals surface area contributed by atoms with E-state index in [0.717, 1.165) is 37.5 Å². The van der Waals surface area contributed by atoms with Gasteiger partial charge in [0.05, 0.1) is 10.9 Å². The fraction of sp³-hybridized carbons (Fsp3) is 0.286. The maximum atomic E-state index is 12.8. The predicted octanol–water partition coefficient (Wildman–Crippen LogP) is 3.85. The molecule has 26 heavy (non-hydrogen) atoms. The molecule has 0 amide bonds. The van der Waals surface area contributed by atoms with Gasteiger partial charge in [0.15, 0.2) is 5.43 Å². The maximum absolute atomic E-state index is 12.8. The molecule has 4 rings (SSSR count). The largest absolute Gasteiger partial charge is 0.461 e. The summed E-state index contributed by atoms with van der Waals surface area (Å²) in [6.45, 7) is 6.39. The van der Waals surface area contributed by atoms with Crippen LogP contribution in [0.15, 0.2) is 63.8 Å². The zero-order chi connectivity index (χ0) is 17.2. The van der Waals surface area contributed by atoms with Crippen molar-refractivity contribution in [3.63, 3.8) is 0 Å². The van der Waals surface area contributed by atoms with E-state index in [2.05, 4.69) is 34.1 Å². The highest BCUT2D eigenvalue weighted by atomic mass is 35.5. The van der Waals surface area contributed by atoms with E-state index in [-0.39, 0.29) is 17.8 Å². The fourth-order valence-corrected chi connectivity index (χ4v) is 3.50. The quantitative estimate of drug-likeness (QED) is 0.701. The average molecular weight is 371 g/mol. The summed E-state index contributed by atoms with van der Waals surface area (Å²) >= 11 is 0. The molecule has 0 bridgehead atoms. The third-order valence-corrected chi connectivity index (χ3v) is 4.97. The van der Waals surface area contributed by atoms with Gasteiger partial charge in [0, 0.05) is 38.4 Å². The number of aryl methyl sites for hydroxylation is 1. The number of benzene rings is 2. The molecule has 1 aliphatic heterocycles. The standard InChI is InChI=1S/C21H22N2O2.ClH/c1-16-19(21(24)18-9-5-6-10-20(18)25-16)15-22-11-13-23(14-12-22)17-7-3-2-4-8-17;/h2-10H,11-15H2,1H3;1H. The Kier molecular flexibility index (Phi) is 5.64. The number of halogens is 1. The molecule has 4 nitrogen and oxygen atoms in total. The number of anilines is 1. The summed E-state index contributed by atoms with van der Waals surface area (Å²) in [6, 6.07) is 18.0. The van der Waals surface area contributed by atoms with Crippen LogP contribution in [0.25, 0.3) is 11.0 Å². The summed E-state index contributed by atoms with van der Waals surface area (Å²) < 4.78 is 5.87. The van der Waals surface area contributed by atoms with Gasteiger partial charge in [0.1, 0.15) is 11.3 Å². The van der Waals surface area contributed by atoms with Crippen molar-refractivity contribution >= 4 is 29.1 Å². The lowest BCUT2D eigenvalue weighted by Crippen LogP contribution is -2.46. The molecule has 5 heteroatoms. The third kappa shape index (κ3) is 3.62. The predicted molar refractivity (Wildman–Crippen MR) is 108 cm³/mol. The first-order chi connectivity index (χ1) is 12.2. The molecular formula is C21H23ClN2O2. The van der Waals surface area contributed by atoms with E-state index in [4.69, 9.17) is 4.42 Å². The highest BCUT2D eigenvalue weighted by molar-refractivity contribution is 5.85. The van der Waals surface area contributed by atoms with Crippen molar-refractivity contribution in [1.29, 1.82) is 0 Å². The van der Waals surface area contributed by atoms with Crippen molar-refractivity contribution in [1.82, 2.24) is 4.90 Å². The Labute approximate surface area is 159 Å². The van der Waals surface area contributed by atoms with Gasteiger partial charge in [-0.3, -0.25) is 9.69 Å². The van der Waals surface area contributed by atoms with E-state index in [1.165, 1.54) is 5.69 Å². The molecule has 136 valence electrons. The van der Waals surface area contributed by atoms with Gasteiger partial charge < -0.3 is 9.32 Å². The molecule has 1 saturated heterocycles. The third-order valence-electron chi connectivity index (χ3n) is 4.97. The van der Waals surface area contributed by atoms with Crippen LogP contribution in [0.4, 0.5) is 5.69 Å². The number of rotatable bonds is 3. The van der Waals surface area contributed by atoms with Crippen molar-refractivity contribution in [2.45, 2.75) is 13.5 Å². The van der Waals surface area contributed by atoms with Gasteiger partial charge in [-0.25, -0.2) is 0 Å². The molecule has 2 aromatic carbocycles. The molecule has 0 N–H and O–H groups in total. The topological polar surface area (TPSA) is 36.7 Å². The van der Waals surface area contributed by atoms with Crippen LogP contribution in [-0.2, 0) is 6.54 Å². The second-order valence-corrected chi connectivity index (χ2v) is 6.56. The fourth-order valence-electron chi connectivity index (χ4n) is 3.50. The molecule has 1 aromatic heterocycles. The molecule has 0 unspecified atom stereocenters. The van der Waals surface area contributed by atoms with Crippen LogP contribution in [-0.4, -0.2) is 31.1 Å². The monoisotopic (exact) mass is 370 g/mol. The second-order valence-electron chi connectivity index (χ2n) is 6.56. The van der Waals surface area contributed by atoms with Crippen molar-refractivity contribution in [3.05, 3.63) is 76.1 Å². The molecule has 1 aliphatic rings. The van der Waals surface area contributed by atoms with E-state index >= 15 is 0 Å². The molecule has 2 heterocycles. The Hall–Kier alpha value is -2.30. The summed E-state index contributed by atoms with van der Waals surface area (Å²) in [5.41, 5.74) is 2.82. The first-order valence-electron chi connectivity index (χ1n) is 8.76. The molecular weight excluding hydrogens is 348 g/mol. The zero-order valence-corrected chi connectivity index (χ0v) is 15.7. The summed E-state index contributed by atoms with van der Waals surface area (Å²) in [5, 5.41) is 0.672. The van der Waals surface area contributed by atoms with Crippen LogP contribution < -0.4 is 10.3 Å². The molecule has 0 radical (unpaired) electrons. The lowest BCUT2D eigenvalue weighted by atomic mass is 10.1. The van der Waals surface area contributed by atoms with Gasteiger partial charge in [-0.2, -0.15) is 0 Å². The summed E-state index contributed by atoms with van der Waals surface area (Å²) in [7, 11) is 0. The smallest absolute Gasteiger partial charge is 0.197 e. The first kappa shape index (κ1) is 18.5. The molecule has 0 spiro atoms. The van der Waals surface area contributed by atoms with E-state index in [1.54, 1.807) is 0 Å². The number of fused-ring (bicyclic) bond motifs is 1. The van der Waals surface area contributed by atoms with Crippen molar-refractivity contribution in [2.24, 2.45) is 0 Å². The summed E-state index contributed by atoms with van der Waals surface area (Å²) in [4.78, 5) is 17.5. The van der Waals surface area contributed by atoms with Gasteiger partial charge in [0.2, 0.25) is 0 Å². The highest BCUT2D eigenvalue weighted by Gasteiger charge is 2.20. The Bertz CT molecular complexity index is 932. The maximum Gasteiger partial charge on any atom is 0.197 e. The molecule has 0 saturated carbocycles. The minimum absolute atomic E-state index is 0. The van der Waals surface area contributed by atoms with Crippen LogP contribution in [0, 0.1) is 6.92 Å². The zero-order valence-electron chi connectivity index (χ0n) is 14.9. The van der Waals surface area contributed by atoms with Crippen LogP contribution in [0.3, 0.4) is 0 Å². The summed E-state index contributed by atoms with van der Waals surface area (Å²) in [6.07, 6.45) is 0. The molecule has 1 fully saturated rings. The minimum Gasteiger partial charge on any atom is -0.461 e. The van der Waals surface area contributed by atoms with Crippen molar-refractivity contribution < 1.29 is 4.42 Å². The average Bonchev–Trinajstić information content (AvgIpc) is 2.66. The number of para-hydroxylation sites is 2. The highest BCUT2D eigenvalue weighted by Crippen LogP contribution is 2.19. The Balaban J connectivity index is 0.00000196. The van der Waals surface area contributed by atoms with Crippen LogP contribution >= 0.6 is 12.4 Å². The first-order valence-corrected chi connectivity index (χ1v) is 8.76. The Morgan fingerprint density at radius 1 is 0.923 bits per heavy atom. The van der Waals surface area contributed by atoms with E-state index in [9.17, 15) is 4.79 Å².